The molecule has 29 heavy (non-hydrogen) atoms. The van der Waals surface area contributed by atoms with Gasteiger partial charge in [0.2, 0.25) is 0 Å². The number of carbonyl (C=O) groups is 1. The van der Waals surface area contributed by atoms with Crippen molar-refractivity contribution in [2.24, 2.45) is 0 Å². The number of carbonyl (C=O) groups excluding carboxylic acids is 1. The van der Waals surface area contributed by atoms with E-state index in [1.165, 1.54) is 12.1 Å². The van der Waals surface area contributed by atoms with E-state index >= 15 is 0 Å². The van der Waals surface area contributed by atoms with Crippen molar-refractivity contribution < 1.29 is 9.18 Å². The van der Waals surface area contributed by atoms with Crippen molar-refractivity contribution in [1.29, 1.82) is 0 Å². The molecule has 2 N–H and O–H groups in total. The zero-order valence-corrected chi connectivity index (χ0v) is 17.8. The van der Waals surface area contributed by atoms with Crippen LogP contribution in [0.5, 0.6) is 0 Å². The number of halogens is 2. The quantitative estimate of drug-likeness (QED) is 0.486. The first-order valence-corrected chi connectivity index (χ1v) is 9.99. The van der Waals surface area contributed by atoms with Gasteiger partial charge in [0.25, 0.3) is 5.91 Å². The molecular weight excluding hydrogens is 439 g/mol. The van der Waals surface area contributed by atoms with Crippen molar-refractivity contribution in [3.63, 3.8) is 0 Å². The van der Waals surface area contributed by atoms with E-state index in [9.17, 15) is 9.18 Å². The second kappa shape index (κ2) is 7.22. The number of H-pyrrole nitrogens is 1. The van der Waals surface area contributed by atoms with Gasteiger partial charge in [0.15, 0.2) is 5.65 Å². The van der Waals surface area contributed by atoms with E-state index in [1.54, 1.807) is 12.1 Å². The maximum Gasteiger partial charge on any atom is 0.255 e. The molecule has 0 aliphatic heterocycles. The molecule has 3 aromatic heterocycles. The molecule has 0 unspecified atom stereocenters. The highest BCUT2D eigenvalue weighted by Crippen LogP contribution is 2.24. The number of nitrogens with zero attached hydrogens (tertiary/aromatic N) is 4. The summed E-state index contributed by atoms with van der Waals surface area (Å²) in [6.45, 7) is 6.51. The average Bonchev–Trinajstić information content (AvgIpc) is 3.23. The van der Waals surface area contributed by atoms with Crippen LogP contribution in [-0.2, 0) is 11.8 Å². The van der Waals surface area contributed by atoms with E-state index in [0.717, 1.165) is 10.3 Å². The van der Waals surface area contributed by atoms with Gasteiger partial charge in [-0.2, -0.15) is 0 Å². The van der Waals surface area contributed by atoms with Gasteiger partial charge in [-0.15, -0.1) is 10.2 Å². The molecule has 150 valence electrons. The molecule has 0 saturated heterocycles. The SMILES string of the molecule is CC(C)(C)c1nnc2c(C(=O)NCCc3nc4ccc(F)cc4[nH]3)cc(Br)cn12. The van der Waals surface area contributed by atoms with Crippen molar-refractivity contribution in [3.05, 3.63) is 58.0 Å². The van der Waals surface area contributed by atoms with E-state index < -0.39 is 0 Å². The van der Waals surface area contributed by atoms with Crippen LogP contribution in [0.1, 0.15) is 42.8 Å². The number of amides is 1. The Morgan fingerprint density at radius 1 is 1.28 bits per heavy atom. The van der Waals surface area contributed by atoms with Gasteiger partial charge in [-0.3, -0.25) is 9.20 Å². The molecule has 9 heteroatoms. The van der Waals surface area contributed by atoms with Gasteiger partial charge in [-0.05, 0) is 40.2 Å². The number of aromatic amines is 1. The van der Waals surface area contributed by atoms with Crippen LogP contribution in [0.25, 0.3) is 16.7 Å². The summed E-state index contributed by atoms with van der Waals surface area (Å²) in [5.41, 5.74) is 2.07. The lowest BCUT2D eigenvalue weighted by Crippen LogP contribution is -2.26. The molecule has 1 aromatic carbocycles. The van der Waals surface area contributed by atoms with Crippen molar-refractivity contribution in [3.8, 4) is 0 Å². The summed E-state index contributed by atoms with van der Waals surface area (Å²) < 4.78 is 15.9. The third-order valence-corrected chi connectivity index (χ3v) is 4.96. The number of fused-ring (bicyclic) bond motifs is 2. The highest BCUT2D eigenvalue weighted by molar-refractivity contribution is 9.10. The number of hydrogen-bond donors (Lipinski definition) is 2. The predicted octanol–water partition coefficient (Wildman–Crippen LogP) is 3.78. The van der Waals surface area contributed by atoms with Crippen LogP contribution in [0.3, 0.4) is 0 Å². The minimum absolute atomic E-state index is 0.214. The number of hydrogen-bond acceptors (Lipinski definition) is 4. The number of pyridine rings is 1. The van der Waals surface area contributed by atoms with Gasteiger partial charge in [0.05, 0.1) is 16.6 Å². The van der Waals surface area contributed by atoms with Crippen LogP contribution in [0.2, 0.25) is 0 Å². The zero-order valence-electron chi connectivity index (χ0n) is 16.3. The van der Waals surface area contributed by atoms with Crippen LogP contribution in [0, 0.1) is 5.82 Å². The Hall–Kier alpha value is -2.81. The highest BCUT2D eigenvalue weighted by Gasteiger charge is 2.23. The summed E-state index contributed by atoms with van der Waals surface area (Å²) in [7, 11) is 0. The zero-order chi connectivity index (χ0) is 20.8. The van der Waals surface area contributed by atoms with E-state index in [2.05, 4.69) is 41.4 Å². The Balaban J connectivity index is 1.52. The van der Waals surface area contributed by atoms with Gasteiger partial charge in [0.1, 0.15) is 17.5 Å². The maximum absolute atomic E-state index is 13.3. The summed E-state index contributed by atoms with van der Waals surface area (Å²) in [4.78, 5) is 20.3. The topological polar surface area (TPSA) is 88.0 Å². The Morgan fingerprint density at radius 3 is 2.83 bits per heavy atom. The summed E-state index contributed by atoms with van der Waals surface area (Å²) in [5.74, 6) is 0.897. The largest absolute Gasteiger partial charge is 0.351 e. The van der Waals surface area contributed by atoms with E-state index in [1.807, 2.05) is 31.4 Å². The fourth-order valence-corrected chi connectivity index (χ4v) is 3.62. The molecule has 7 nitrogen and oxygen atoms in total. The molecule has 0 saturated carbocycles. The fourth-order valence-electron chi connectivity index (χ4n) is 3.18. The van der Waals surface area contributed by atoms with E-state index in [-0.39, 0.29) is 17.1 Å². The van der Waals surface area contributed by atoms with Crippen LogP contribution in [0.15, 0.2) is 34.9 Å². The van der Waals surface area contributed by atoms with Crippen molar-refractivity contribution in [2.75, 3.05) is 6.54 Å². The molecule has 1 amide bonds. The minimum atomic E-state index is -0.317. The van der Waals surface area contributed by atoms with Crippen molar-refractivity contribution >= 4 is 38.5 Å². The average molecular weight is 459 g/mol. The van der Waals surface area contributed by atoms with Gasteiger partial charge >= 0.3 is 0 Å². The molecule has 0 bridgehead atoms. The number of rotatable bonds is 4. The lowest BCUT2D eigenvalue weighted by Gasteiger charge is -2.16. The molecule has 0 aliphatic rings. The number of imidazole rings is 1. The van der Waals surface area contributed by atoms with Crippen LogP contribution >= 0.6 is 15.9 Å². The Kier molecular flexibility index (Phi) is 4.85. The molecule has 0 aliphatic carbocycles. The normalized spacial score (nSPS) is 12.0. The molecule has 0 atom stereocenters. The first-order valence-electron chi connectivity index (χ1n) is 9.19. The highest BCUT2D eigenvalue weighted by atomic mass is 79.9. The molecule has 0 fully saturated rings. The summed E-state index contributed by atoms with van der Waals surface area (Å²) in [5, 5.41) is 11.4. The van der Waals surface area contributed by atoms with Gasteiger partial charge < -0.3 is 10.3 Å². The third-order valence-electron chi connectivity index (χ3n) is 4.53. The molecule has 0 radical (unpaired) electrons. The van der Waals surface area contributed by atoms with Crippen molar-refractivity contribution in [2.45, 2.75) is 32.6 Å². The van der Waals surface area contributed by atoms with E-state index in [0.29, 0.717) is 41.0 Å². The Bertz CT molecular complexity index is 1220. The fraction of sp³-hybridized carbons (Fsp3) is 0.300. The maximum atomic E-state index is 13.3. The van der Waals surface area contributed by atoms with Gasteiger partial charge in [0, 0.05) is 29.1 Å². The monoisotopic (exact) mass is 458 g/mol. The second-order valence-electron chi connectivity index (χ2n) is 7.89. The van der Waals surface area contributed by atoms with Crippen LogP contribution in [0.4, 0.5) is 4.39 Å². The van der Waals surface area contributed by atoms with Crippen LogP contribution in [-0.4, -0.2) is 37.0 Å². The predicted molar refractivity (Wildman–Crippen MR) is 111 cm³/mol. The van der Waals surface area contributed by atoms with Gasteiger partial charge in [-0.1, -0.05) is 20.8 Å². The lowest BCUT2D eigenvalue weighted by atomic mass is 9.96. The first kappa shape index (κ1) is 19.5. The first-order chi connectivity index (χ1) is 13.7. The molecular formula is C20H20BrFN6O. The number of nitrogens with one attached hydrogen (secondary N) is 2. The van der Waals surface area contributed by atoms with Crippen LogP contribution < -0.4 is 5.32 Å². The second-order valence-corrected chi connectivity index (χ2v) is 8.81. The van der Waals surface area contributed by atoms with E-state index in [4.69, 9.17) is 0 Å². The summed E-state index contributed by atoms with van der Waals surface area (Å²) in [6, 6.07) is 6.13. The standard InChI is InChI=1S/C20H20BrFN6O/c1-20(2,3)19-27-26-17-13(8-11(21)10-28(17)19)18(29)23-7-6-16-24-14-5-4-12(22)9-15(14)25-16/h4-5,8-10H,6-7H2,1-3H3,(H,23,29)(H,24,25). The minimum Gasteiger partial charge on any atom is -0.351 e. The smallest absolute Gasteiger partial charge is 0.255 e. The lowest BCUT2D eigenvalue weighted by molar-refractivity contribution is 0.0955. The molecule has 4 rings (SSSR count). The number of benzene rings is 1. The number of aromatic nitrogens is 5. The summed E-state index contributed by atoms with van der Waals surface area (Å²) in [6.07, 6.45) is 2.35. The molecule has 4 aromatic rings. The molecule has 0 spiro atoms. The summed E-state index contributed by atoms with van der Waals surface area (Å²) >= 11 is 3.47. The Morgan fingerprint density at radius 2 is 2.07 bits per heavy atom. The molecule has 3 heterocycles. The Labute approximate surface area is 174 Å². The van der Waals surface area contributed by atoms with Crippen molar-refractivity contribution in [1.82, 2.24) is 29.9 Å². The van der Waals surface area contributed by atoms with Gasteiger partial charge in [-0.25, -0.2) is 9.37 Å². The third kappa shape index (κ3) is 3.87.